The van der Waals surface area contributed by atoms with E-state index in [1.807, 2.05) is 0 Å². The molecule has 0 aromatic heterocycles. The summed E-state index contributed by atoms with van der Waals surface area (Å²) in [6.07, 6.45) is -1.06. The van der Waals surface area contributed by atoms with Crippen molar-refractivity contribution >= 4 is 11.8 Å². The van der Waals surface area contributed by atoms with Gasteiger partial charge in [0, 0.05) is 19.5 Å². The van der Waals surface area contributed by atoms with Crippen molar-refractivity contribution in [2.24, 2.45) is 0 Å². The minimum atomic E-state index is -4.33. The van der Waals surface area contributed by atoms with Gasteiger partial charge in [-0.2, -0.15) is 13.2 Å². The maximum atomic E-state index is 12.0. The summed E-state index contributed by atoms with van der Waals surface area (Å²) in [5, 5.41) is 2.76. The lowest BCUT2D eigenvalue weighted by molar-refractivity contribution is -0.176. The molecule has 1 aromatic carbocycles. The van der Waals surface area contributed by atoms with E-state index >= 15 is 0 Å². The molecule has 1 fully saturated rings. The van der Waals surface area contributed by atoms with Crippen molar-refractivity contribution in [3.8, 4) is 0 Å². The van der Waals surface area contributed by atoms with E-state index in [4.69, 9.17) is 0 Å². The Labute approximate surface area is 150 Å². The van der Waals surface area contributed by atoms with E-state index in [1.165, 1.54) is 0 Å². The number of alkyl halides is 3. The number of amides is 2. The van der Waals surface area contributed by atoms with Gasteiger partial charge in [-0.3, -0.25) is 9.59 Å². The molecule has 0 unspecified atom stereocenters. The van der Waals surface area contributed by atoms with Crippen LogP contribution in [0.25, 0.3) is 0 Å². The Balaban J connectivity index is 1.73. The number of hydrogen-bond acceptors (Lipinski definition) is 3. The lowest BCUT2D eigenvalue weighted by atomic mass is 10.1. The van der Waals surface area contributed by atoms with Gasteiger partial charge in [-0.15, -0.1) is 0 Å². The minimum Gasteiger partial charge on any atom is -0.367 e. The van der Waals surface area contributed by atoms with Gasteiger partial charge >= 0.3 is 6.18 Å². The Morgan fingerprint density at radius 1 is 1.12 bits per heavy atom. The van der Waals surface area contributed by atoms with Gasteiger partial charge in [-0.05, 0) is 24.0 Å². The Morgan fingerprint density at radius 3 is 2.50 bits per heavy atom. The highest BCUT2D eigenvalue weighted by atomic mass is 19.4. The molecule has 2 amide bonds. The van der Waals surface area contributed by atoms with Crippen molar-refractivity contribution in [3.63, 3.8) is 0 Å². The van der Waals surface area contributed by atoms with Crippen molar-refractivity contribution in [3.05, 3.63) is 35.4 Å². The fourth-order valence-electron chi connectivity index (χ4n) is 2.67. The summed E-state index contributed by atoms with van der Waals surface area (Å²) in [6.45, 7) is -0.436. The first kappa shape index (κ1) is 20.2. The Bertz CT molecular complexity index is 603. The average molecular weight is 372 g/mol. The van der Waals surface area contributed by atoms with Crippen molar-refractivity contribution in [2.75, 3.05) is 19.7 Å². The minimum absolute atomic E-state index is 0.0147. The van der Waals surface area contributed by atoms with Gasteiger partial charge in [-0.25, -0.2) is 0 Å². The Morgan fingerprint density at radius 2 is 1.81 bits per heavy atom. The van der Waals surface area contributed by atoms with E-state index in [0.717, 1.165) is 24.8 Å². The van der Waals surface area contributed by atoms with Crippen LogP contribution in [-0.4, -0.2) is 42.6 Å². The van der Waals surface area contributed by atoms with Crippen LogP contribution < -0.4 is 5.32 Å². The van der Waals surface area contributed by atoms with Crippen LogP contribution >= 0.6 is 0 Å². The van der Waals surface area contributed by atoms with Gasteiger partial charge < -0.3 is 15.0 Å². The largest absolute Gasteiger partial charge is 0.411 e. The number of likely N-dealkylation sites (tertiary alicyclic amines) is 1. The Kier molecular flexibility index (Phi) is 7.44. The molecule has 5 nitrogen and oxygen atoms in total. The molecule has 1 aliphatic heterocycles. The molecular formula is C18H23F3N2O3. The summed E-state index contributed by atoms with van der Waals surface area (Å²) < 4.78 is 40.7. The van der Waals surface area contributed by atoms with Gasteiger partial charge in [0.2, 0.25) is 11.8 Å². The number of hydrogen-bond donors (Lipinski definition) is 1. The zero-order chi connectivity index (χ0) is 19.0. The highest BCUT2D eigenvalue weighted by molar-refractivity contribution is 5.84. The fourth-order valence-corrected chi connectivity index (χ4v) is 2.67. The van der Waals surface area contributed by atoms with Crippen molar-refractivity contribution in [1.29, 1.82) is 0 Å². The van der Waals surface area contributed by atoms with Gasteiger partial charge in [-0.1, -0.05) is 30.7 Å². The molecule has 0 radical (unpaired) electrons. The number of nitrogens with zero attached hydrogens (tertiary/aromatic N) is 1. The van der Waals surface area contributed by atoms with Crippen molar-refractivity contribution < 1.29 is 27.5 Å². The topological polar surface area (TPSA) is 58.6 Å². The molecule has 2 rings (SSSR count). The van der Waals surface area contributed by atoms with Crippen LogP contribution in [0.4, 0.5) is 13.2 Å². The van der Waals surface area contributed by atoms with Crippen LogP contribution in [0.2, 0.25) is 0 Å². The number of carbonyl (C=O) groups is 2. The van der Waals surface area contributed by atoms with Crippen LogP contribution in [0, 0.1) is 0 Å². The number of benzene rings is 1. The zero-order valence-electron chi connectivity index (χ0n) is 14.5. The molecule has 1 saturated heterocycles. The standard InChI is InChI=1S/C18H23F3N2O3/c19-18(20,21)13-26-12-15-7-5-14(6-8-15)10-22-16(24)11-23-9-3-1-2-4-17(23)25/h5-8H,1-4,9-13H2,(H,22,24). The number of carbonyl (C=O) groups excluding carboxylic acids is 2. The molecular weight excluding hydrogens is 349 g/mol. The van der Waals surface area contributed by atoms with E-state index in [9.17, 15) is 22.8 Å². The lowest BCUT2D eigenvalue weighted by Gasteiger charge is -2.19. The fraction of sp³-hybridized carbons (Fsp3) is 0.556. The van der Waals surface area contributed by atoms with E-state index < -0.39 is 12.8 Å². The summed E-state index contributed by atoms with van der Waals surface area (Å²) in [5.74, 6) is -0.210. The zero-order valence-corrected chi connectivity index (χ0v) is 14.5. The van der Waals surface area contributed by atoms with Crippen LogP contribution in [0.5, 0.6) is 0 Å². The summed E-state index contributed by atoms with van der Waals surface area (Å²) in [7, 11) is 0. The summed E-state index contributed by atoms with van der Waals surface area (Å²) in [6, 6.07) is 6.78. The van der Waals surface area contributed by atoms with Gasteiger partial charge in [0.05, 0.1) is 13.2 Å². The normalized spacial score (nSPS) is 15.7. The van der Waals surface area contributed by atoms with Crippen LogP contribution in [0.1, 0.15) is 36.8 Å². The highest BCUT2D eigenvalue weighted by Crippen LogP contribution is 2.16. The van der Waals surface area contributed by atoms with E-state index in [0.29, 0.717) is 25.1 Å². The molecule has 1 N–H and O–H groups in total. The molecule has 0 atom stereocenters. The van der Waals surface area contributed by atoms with Gasteiger partial charge in [0.1, 0.15) is 6.61 Å². The SMILES string of the molecule is O=C(CN1CCCCCC1=O)NCc1ccc(COCC(F)(F)F)cc1. The van der Waals surface area contributed by atoms with E-state index in [2.05, 4.69) is 10.1 Å². The molecule has 144 valence electrons. The number of halogens is 3. The predicted molar refractivity (Wildman–Crippen MR) is 89.0 cm³/mol. The summed E-state index contributed by atoms with van der Waals surface area (Å²) in [4.78, 5) is 25.5. The lowest BCUT2D eigenvalue weighted by Crippen LogP contribution is -2.40. The molecule has 1 heterocycles. The molecule has 8 heteroatoms. The second-order valence-corrected chi connectivity index (χ2v) is 6.33. The number of nitrogens with one attached hydrogen (secondary N) is 1. The number of rotatable bonds is 7. The summed E-state index contributed by atoms with van der Waals surface area (Å²) >= 11 is 0. The maximum absolute atomic E-state index is 12.0. The van der Waals surface area contributed by atoms with Crippen LogP contribution in [-0.2, 0) is 27.5 Å². The third-order valence-electron chi connectivity index (χ3n) is 4.05. The van der Waals surface area contributed by atoms with E-state index in [-0.39, 0.29) is 25.0 Å². The molecule has 0 aliphatic carbocycles. The molecule has 26 heavy (non-hydrogen) atoms. The van der Waals surface area contributed by atoms with Crippen LogP contribution in [0.15, 0.2) is 24.3 Å². The second-order valence-electron chi connectivity index (χ2n) is 6.33. The molecule has 0 saturated carbocycles. The molecule has 0 bridgehead atoms. The number of ether oxygens (including phenoxy) is 1. The highest BCUT2D eigenvalue weighted by Gasteiger charge is 2.27. The van der Waals surface area contributed by atoms with Gasteiger partial charge in [0.15, 0.2) is 0 Å². The first-order chi connectivity index (χ1) is 12.3. The Hall–Kier alpha value is -2.09. The monoisotopic (exact) mass is 372 g/mol. The van der Waals surface area contributed by atoms with E-state index in [1.54, 1.807) is 29.2 Å². The third-order valence-corrected chi connectivity index (χ3v) is 4.05. The summed E-state index contributed by atoms with van der Waals surface area (Å²) in [5.41, 5.74) is 1.44. The maximum Gasteiger partial charge on any atom is 0.411 e. The smallest absolute Gasteiger partial charge is 0.367 e. The molecule has 1 aliphatic rings. The quantitative estimate of drug-likeness (QED) is 0.801. The van der Waals surface area contributed by atoms with Crippen molar-refractivity contribution in [2.45, 2.75) is 45.0 Å². The first-order valence-corrected chi connectivity index (χ1v) is 8.60. The van der Waals surface area contributed by atoms with Crippen LogP contribution in [0.3, 0.4) is 0 Å². The third kappa shape index (κ3) is 7.43. The second kappa shape index (κ2) is 9.56. The van der Waals surface area contributed by atoms with Crippen molar-refractivity contribution in [1.82, 2.24) is 10.2 Å². The average Bonchev–Trinajstić information content (AvgIpc) is 2.78. The first-order valence-electron chi connectivity index (χ1n) is 8.60. The molecule has 0 spiro atoms. The predicted octanol–water partition coefficient (Wildman–Crippen LogP) is 2.78. The van der Waals surface area contributed by atoms with Gasteiger partial charge in [0.25, 0.3) is 0 Å². The molecule has 1 aromatic rings.